The van der Waals surface area contributed by atoms with E-state index in [0.29, 0.717) is 6.61 Å². The van der Waals surface area contributed by atoms with Gasteiger partial charge in [0.15, 0.2) is 5.78 Å². The summed E-state index contributed by atoms with van der Waals surface area (Å²) in [6, 6.07) is 7.25. The molecule has 1 aliphatic rings. The van der Waals surface area contributed by atoms with Gasteiger partial charge in [0, 0.05) is 12.2 Å². The molecule has 1 fully saturated rings. The summed E-state index contributed by atoms with van der Waals surface area (Å²) in [6.07, 6.45) is 0.862. The van der Waals surface area contributed by atoms with E-state index in [1.807, 2.05) is 31.2 Å². The monoisotopic (exact) mass is 220 g/mol. The van der Waals surface area contributed by atoms with Crippen molar-refractivity contribution < 1.29 is 14.3 Å². The molecule has 0 aromatic heterocycles. The lowest BCUT2D eigenvalue weighted by atomic mass is 9.92. The molecule has 0 amide bonds. The predicted octanol–water partition coefficient (Wildman–Crippen LogP) is 2.30. The molecule has 1 aromatic carbocycles. The first-order chi connectivity index (χ1) is 7.72. The van der Waals surface area contributed by atoms with Gasteiger partial charge in [0.1, 0.15) is 5.75 Å². The Bertz CT molecular complexity index is 369. The van der Waals surface area contributed by atoms with Crippen molar-refractivity contribution in [1.82, 2.24) is 0 Å². The third kappa shape index (κ3) is 2.09. The number of carbonyl (C=O) groups is 1. The van der Waals surface area contributed by atoms with Gasteiger partial charge in [-0.2, -0.15) is 0 Å². The van der Waals surface area contributed by atoms with E-state index in [2.05, 4.69) is 0 Å². The highest BCUT2D eigenvalue weighted by molar-refractivity contribution is 5.98. The Morgan fingerprint density at radius 2 is 2.06 bits per heavy atom. The topological polar surface area (TPSA) is 35.5 Å². The van der Waals surface area contributed by atoms with Crippen LogP contribution in [-0.4, -0.2) is 25.6 Å². The summed E-state index contributed by atoms with van der Waals surface area (Å²) in [5, 5.41) is 0. The van der Waals surface area contributed by atoms with Gasteiger partial charge in [-0.1, -0.05) is 0 Å². The van der Waals surface area contributed by atoms with Crippen molar-refractivity contribution in [3.8, 4) is 5.75 Å². The number of hydrogen-bond donors (Lipinski definition) is 0. The van der Waals surface area contributed by atoms with Crippen LogP contribution >= 0.6 is 0 Å². The molecule has 0 saturated carbocycles. The van der Waals surface area contributed by atoms with Crippen LogP contribution in [-0.2, 0) is 4.74 Å². The van der Waals surface area contributed by atoms with E-state index in [9.17, 15) is 4.79 Å². The van der Waals surface area contributed by atoms with Gasteiger partial charge in [0.25, 0.3) is 0 Å². The highest BCUT2D eigenvalue weighted by Crippen LogP contribution is 2.25. The van der Waals surface area contributed by atoms with Gasteiger partial charge in [-0.15, -0.1) is 0 Å². The van der Waals surface area contributed by atoms with E-state index < -0.39 is 0 Å². The normalized spacial score (nSPS) is 24.4. The van der Waals surface area contributed by atoms with Gasteiger partial charge >= 0.3 is 0 Å². The molecule has 0 unspecified atom stereocenters. The molecule has 1 saturated heterocycles. The fourth-order valence-electron chi connectivity index (χ4n) is 2.05. The Labute approximate surface area is 95.4 Å². The summed E-state index contributed by atoms with van der Waals surface area (Å²) in [5.41, 5.74) is 0.739. The maximum absolute atomic E-state index is 12.1. The molecular formula is C13H16O3. The van der Waals surface area contributed by atoms with E-state index in [-0.39, 0.29) is 17.8 Å². The van der Waals surface area contributed by atoms with E-state index in [0.717, 1.165) is 17.7 Å². The second-order valence-corrected chi connectivity index (χ2v) is 4.06. The minimum atomic E-state index is 0.00777. The quantitative estimate of drug-likeness (QED) is 0.733. The smallest absolute Gasteiger partial charge is 0.168 e. The maximum atomic E-state index is 12.1. The molecule has 0 radical (unpaired) electrons. The Morgan fingerprint density at radius 1 is 1.38 bits per heavy atom. The van der Waals surface area contributed by atoms with Crippen LogP contribution in [0.25, 0.3) is 0 Å². The SMILES string of the molecule is COc1ccc(C(=O)[C@H]2CCO[C@H]2C)cc1. The van der Waals surface area contributed by atoms with Gasteiger partial charge in [-0.25, -0.2) is 0 Å². The number of benzene rings is 1. The standard InChI is InChI=1S/C13H16O3/c1-9-12(7-8-16-9)13(14)10-3-5-11(15-2)6-4-10/h3-6,9,12H,7-8H2,1-2H3/t9-,12-/m0/s1. The van der Waals surface area contributed by atoms with Crippen molar-refractivity contribution in [3.05, 3.63) is 29.8 Å². The van der Waals surface area contributed by atoms with Crippen LogP contribution in [0.3, 0.4) is 0 Å². The number of rotatable bonds is 3. The van der Waals surface area contributed by atoms with Crippen LogP contribution in [0.5, 0.6) is 5.75 Å². The number of Topliss-reactive ketones (excluding diaryl/α,β-unsaturated/α-hetero) is 1. The summed E-state index contributed by atoms with van der Waals surface area (Å²) in [7, 11) is 1.61. The highest BCUT2D eigenvalue weighted by atomic mass is 16.5. The second-order valence-electron chi connectivity index (χ2n) is 4.06. The molecule has 2 atom stereocenters. The zero-order valence-electron chi connectivity index (χ0n) is 9.60. The van der Waals surface area contributed by atoms with Crippen molar-refractivity contribution in [2.24, 2.45) is 5.92 Å². The van der Waals surface area contributed by atoms with Gasteiger partial charge in [-0.05, 0) is 37.6 Å². The van der Waals surface area contributed by atoms with Gasteiger partial charge in [-0.3, -0.25) is 4.79 Å². The third-order valence-corrected chi connectivity index (χ3v) is 3.09. The first-order valence-corrected chi connectivity index (χ1v) is 5.52. The van der Waals surface area contributed by atoms with Gasteiger partial charge < -0.3 is 9.47 Å². The maximum Gasteiger partial charge on any atom is 0.168 e. The molecule has 0 bridgehead atoms. The molecule has 1 heterocycles. The summed E-state index contributed by atoms with van der Waals surface area (Å²) >= 11 is 0. The van der Waals surface area contributed by atoms with Crippen LogP contribution in [0.2, 0.25) is 0 Å². The van der Waals surface area contributed by atoms with Crippen molar-refractivity contribution in [3.63, 3.8) is 0 Å². The number of carbonyl (C=O) groups excluding carboxylic acids is 1. The molecule has 1 aliphatic heterocycles. The van der Waals surface area contributed by atoms with E-state index in [1.54, 1.807) is 7.11 Å². The van der Waals surface area contributed by atoms with E-state index in [1.165, 1.54) is 0 Å². The Morgan fingerprint density at radius 3 is 2.56 bits per heavy atom. The first-order valence-electron chi connectivity index (χ1n) is 5.52. The van der Waals surface area contributed by atoms with Crippen molar-refractivity contribution in [1.29, 1.82) is 0 Å². The predicted molar refractivity (Wildman–Crippen MR) is 60.8 cm³/mol. The van der Waals surface area contributed by atoms with Crippen LogP contribution in [0.4, 0.5) is 0 Å². The Kier molecular flexibility index (Phi) is 3.25. The molecule has 16 heavy (non-hydrogen) atoms. The fraction of sp³-hybridized carbons (Fsp3) is 0.462. The molecular weight excluding hydrogens is 204 g/mol. The molecule has 3 nitrogen and oxygen atoms in total. The summed E-state index contributed by atoms with van der Waals surface area (Å²) in [5.74, 6) is 0.952. The summed E-state index contributed by atoms with van der Waals surface area (Å²) in [6.45, 7) is 2.65. The molecule has 2 rings (SSSR count). The van der Waals surface area contributed by atoms with Crippen LogP contribution in [0, 0.1) is 5.92 Å². The average Bonchev–Trinajstić information content (AvgIpc) is 2.75. The van der Waals surface area contributed by atoms with Crippen LogP contribution in [0.15, 0.2) is 24.3 Å². The number of ketones is 1. The summed E-state index contributed by atoms with van der Waals surface area (Å²) in [4.78, 5) is 12.1. The van der Waals surface area contributed by atoms with Crippen molar-refractivity contribution in [2.75, 3.05) is 13.7 Å². The third-order valence-electron chi connectivity index (χ3n) is 3.09. The molecule has 0 aliphatic carbocycles. The highest BCUT2D eigenvalue weighted by Gasteiger charge is 2.31. The zero-order chi connectivity index (χ0) is 11.5. The number of ether oxygens (including phenoxy) is 2. The molecule has 0 spiro atoms. The number of hydrogen-bond acceptors (Lipinski definition) is 3. The molecule has 0 N–H and O–H groups in total. The Balaban J connectivity index is 2.14. The lowest BCUT2D eigenvalue weighted by Crippen LogP contribution is -2.21. The van der Waals surface area contributed by atoms with Crippen LogP contribution < -0.4 is 4.74 Å². The largest absolute Gasteiger partial charge is 0.497 e. The molecule has 3 heteroatoms. The summed E-state index contributed by atoms with van der Waals surface area (Å²) < 4.78 is 10.5. The average molecular weight is 220 g/mol. The second kappa shape index (κ2) is 4.66. The lowest BCUT2D eigenvalue weighted by Gasteiger charge is -2.12. The van der Waals surface area contributed by atoms with E-state index >= 15 is 0 Å². The minimum Gasteiger partial charge on any atom is -0.497 e. The van der Waals surface area contributed by atoms with Gasteiger partial charge in [0.2, 0.25) is 0 Å². The minimum absolute atomic E-state index is 0.00777. The Hall–Kier alpha value is -1.35. The number of methoxy groups -OCH3 is 1. The zero-order valence-corrected chi connectivity index (χ0v) is 9.60. The molecule has 1 aromatic rings. The first kappa shape index (κ1) is 11.1. The van der Waals surface area contributed by atoms with Crippen LogP contribution in [0.1, 0.15) is 23.7 Å². The van der Waals surface area contributed by atoms with E-state index in [4.69, 9.17) is 9.47 Å². The molecule has 86 valence electrons. The van der Waals surface area contributed by atoms with Gasteiger partial charge in [0.05, 0.1) is 19.1 Å². The fourth-order valence-corrected chi connectivity index (χ4v) is 2.05. The lowest BCUT2D eigenvalue weighted by molar-refractivity contribution is 0.0764. The van der Waals surface area contributed by atoms with Crippen molar-refractivity contribution >= 4 is 5.78 Å². The van der Waals surface area contributed by atoms with Crippen molar-refractivity contribution in [2.45, 2.75) is 19.4 Å².